The molecule has 0 saturated carbocycles. The third-order valence-corrected chi connectivity index (χ3v) is 3.57. The normalized spacial score (nSPS) is 12.2. The van der Waals surface area contributed by atoms with Crippen molar-refractivity contribution in [1.29, 1.82) is 0 Å². The van der Waals surface area contributed by atoms with Crippen molar-refractivity contribution in [1.82, 2.24) is 20.2 Å². The Morgan fingerprint density at radius 2 is 2.11 bits per heavy atom. The van der Waals surface area contributed by atoms with Crippen molar-refractivity contribution in [2.75, 3.05) is 12.3 Å². The lowest BCUT2D eigenvalue weighted by atomic mass is 10.4. The lowest BCUT2D eigenvalue weighted by Crippen LogP contribution is -2.30. The van der Waals surface area contributed by atoms with Crippen LogP contribution in [0.25, 0.3) is 0 Å². The van der Waals surface area contributed by atoms with Gasteiger partial charge in [-0.1, -0.05) is 19.0 Å². The van der Waals surface area contributed by atoms with E-state index in [0.717, 1.165) is 0 Å². The minimum Gasteiger partial charge on any atom is -0.340 e. The van der Waals surface area contributed by atoms with Crippen molar-refractivity contribution in [2.24, 2.45) is 0 Å². The van der Waals surface area contributed by atoms with Gasteiger partial charge in [-0.3, -0.25) is 0 Å². The van der Waals surface area contributed by atoms with Gasteiger partial charge < -0.3 is 9.84 Å². The number of hydrogen-bond acceptors (Lipinski definition) is 6. The van der Waals surface area contributed by atoms with E-state index in [-0.39, 0.29) is 12.3 Å². The van der Waals surface area contributed by atoms with Crippen molar-refractivity contribution in [2.45, 2.75) is 39.8 Å². The summed E-state index contributed by atoms with van der Waals surface area (Å²) in [5, 5.41) is 6.78. The van der Waals surface area contributed by atoms with Crippen molar-refractivity contribution < 1.29 is 12.9 Å². The smallest absolute Gasteiger partial charge is 0.223 e. The molecule has 1 heterocycles. The summed E-state index contributed by atoms with van der Waals surface area (Å²) in [5.41, 5.74) is 0. The maximum absolute atomic E-state index is 11.6. The molecule has 18 heavy (non-hydrogen) atoms. The SMILES string of the molecule is Cc1nc(CNS(=O)(=O)CCCNC(C)C)no1. The number of aryl methyl sites for hydroxylation is 1. The number of nitrogens with zero attached hydrogens (tertiary/aromatic N) is 2. The summed E-state index contributed by atoms with van der Waals surface area (Å²) >= 11 is 0. The maximum atomic E-state index is 11.6. The van der Waals surface area contributed by atoms with E-state index in [1.54, 1.807) is 6.92 Å². The molecule has 0 aromatic carbocycles. The number of hydrogen-bond donors (Lipinski definition) is 2. The van der Waals surface area contributed by atoms with Crippen LogP contribution in [0.1, 0.15) is 32.0 Å². The fraction of sp³-hybridized carbons (Fsp3) is 0.800. The first kappa shape index (κ1) is 15.1. The average molecular weight is 276 g/mol. The molecule has 0 radical (unpaired) electrons. The van der Waals surface area contributed by atoms with E-state index in [9.17, 15) is 8.42 Å². The zero-order chi connectivity index (χ0) is 13.6. The first-order valence-electron chi connectivity index (χ1n) is 5.89. The molecule has 8 heteroatoms. The Bertz CT molecular complexity index is 455. The molecule has 0 aliphatic rings. The average Bonchev–Trinajstić information content (AvgIpc) is 2.68. The van der Waals surface area contributed by atoms with Crippen LogP contribution in [0.5, 0.6) is 0 Å². The Labute approximate surface area is 107 Å². The van der Waals surface area contributed by atoms with E-state index in [1.807, 2.05) is 13.8 Å². The molecule has 1 rings (SSSR count). The molecule has 0 aliphatic heterocycles. The molecule has 0 aliphatic carbocycles. The van der Waals surface area contributed by atoms with Gasteiger partial charge in [0.1, 0.15) is 0 Å². The summed E-state index contributed by atoms with van der Waals surface area (Å²) in [6.07, 6.45) is 0.568. The highest BCUT2D eigenvalue weighted by Gasteiger charge is 2.11. The molecule has 0 bridgehead atoms. The monoisotopic (exact) mass is 276 g/mol. The second kappa shape index (κ2) is 6.81. The van der Waals surface area contributed by atoms with Gasteiger partial charge in [0.2, 0.25) is 15.9 Å². The summed E-state index contributed by atoms with van der Waals surface area (Å²) in [6, 6.07) is 0.364. The second-order valence-electron chi connectivity index (χ2n) is 4.33. The van der Waals surface area contributed by atoms with E-state index in [4.69, 9.17) is 4.52 Å². The van der Waals surface area contributed by atoms with E-state index < -0.39 is 10.0 Å². The lowest BCUT2D eigenvalue weighted by Gasteiger charge is -2.08. The summed E-state index contributed by atoms with van der Waals surface area (Å²) in [4.78, 5) is 3.92. The van der Waals surface area contributed by atoms with E-state index in [1.165, 1.54) is 0 Å². The van der Waals surface area contributed by atoms with E-state index in [0.29, 0.717) is 30.7 Å². The van der Waals surface area contributed by atoms with Gasteiger partial charge in [-0.25, -0.2) is 13.1 Å². The molecule has 0 unspecified atom stereocenters. The van der Waals surface area contributed by atoms with Crippen LogP contribution >= 0.6 is 0 Å². The molecule has 0 amide bonds. The zero-order valence-electron chi connectivity index (χ0n) is 10.9. The Hall–Kier alpha value is -0.990. The largest absolute Gasteiger partial charge is 0.340 e. The third kappa shape index (κ3) is 6.08. The molecule has 0 fully saturated rings. The Kier molecular flexibility index (Phi) is 5.70. The van der Waals surface area contributed by atoms with Crippen molar-refractivity contribution in [3.63, 3.8) is 0 Å². The number of rotatable bonds is 8. The van der Waals surface area contributed by atoms with Crippen molar-refractivity contribution >= 4 is 10.0 Å². The molecule has 7 nitrogen and oxygen atoms in total. The first-order chi connectivity index (χ1) is 8.39. The van der Waals surface area contributed by atoms with Crippen LogP contribution in [0.2, 0.25) is 0 Å². The fourth-order valence-electron chi connectivity index (χ4n) is 1.31. The Balaban J connectivity index is 2.27. The third-order valence-electron chi connectivity index (χ3n) is 2.16. The van der Waals surface area contributed by atoms with E-state index in [2.05, 4.69) is 20.2 Å². The predicted octanol–water partition coefficient (Wildman–Crippen LogP) is 0.186. The summed E-state index contributed by atoms with van der Waals surface area (Å²) in [5.74, 6) is 0.852. The highest BCUT2D eigenvalue weighted by Crippen LogP contribution is 1.96. The minimum atomic E-state index is -3.28. The predicted molar refractivity (Wildman–Crippen MR) is 67.4 cm³/mol. The van der Waals surface area contributed by atoms with Crippen LogP contribution < -0.4 is 10.0 Å². The number of aromatic nitrogens is 2. The molecule has 1 aromatic rings. The van der Waals surface area contributed by atoms with Crippen LogP contribution in [0, 0.1) is 6.92 Å². The fourth-order valence-corrected chi connectivity index (χ4v) is 2.33. The minimum absolute atomic E-state index is 0.0667. The Morgan fingerprint density at radius 3 is 2.67 bits per heavy atom. The van der Waals surface area contributed by atoms with Gasteiger partial charge >= 0.3 is 0 Å². The van der Waals surface area contributed by atoms with E-state index >= 15 is 0 Å². The lowest BCUT2D eigenvalue weighted by molar-refractivity contribution is 0.387. The van der Waals surface area contributed by atoms with Crippen LogP contribution in [0.15, 0.2) is 4.52 Å². The highest BCUT2D eigenvalue weighted by atomic mass is 32.2. The molecule has 0 saturated heterocycles. The molecular weight excluding hydrogens is 256 g/mol. The standard InChI is InChI=1S/C10H20N4O3S/c1-8(2)11-5-4-6-18(15,16)12-7-10-13-9(3)17-14-10/h8,11-12H,4-7H2,1-3H3. The van der Waals surface area contributed by atoms with Crippen LogP contribution in [-0.2, 0) is 16.6 Å². The summed E-state index contributed by atoms with van der Waals surface area (Å²) < 4.78 is 30.4. The second-order valence-corrected chi connectivity index (χ2v) is 6.26. The number of sulfonamides is 1. The van der Waals surface area contributed by atoms with Crippen LogP contribution in [0.4, 0.5) is 0 Å². The molecule has 104 valence electrons. The molecular formula is C10H20N4O3S. The van der Waals surface area contributed by atoms with Crippen molar-refractivity contribution in [3.05, 3.63) is 11.7 Å². The summed E-state index contributed by atoms with van der Waals surface area (Å²) in [6.45, 7) is 6.44. The maximum Gasteiger partial charge on any atom is 0.223 e. The van der Waals surface area contributed by atoms with Gasteiger partial charge in [0, 0.05) is 13.0 Å². The van der Waals surface area contributed by atoms with Gasteiger partial charge in [-0.05, 0) is 13.0 Å². The van der Waals surface area contributed by atoms with Gasteiger partial charge in [-0.15, -0.1) is 0 Å². The van der Waals surface area contributed by atoms with Gasteiger partial charge in [0.25, 0.3) is 0 Å². The van der Waals surface area contributed by atoms with Gasteiger partial charge in [0.05, 0.1) is 12.3 Å². The van der Waals surface area contributed by atoms with Gasteiger partial charge in [-0.2, -0.15) is 4.98 Å². The first-order valence-corrected chi connectivity index (χ1v) is 7.54. The zero-order valence-corrected chi connectivity index (χ0v) is 11.7. The quantitative estimate of drug-likeness (QED) is 0.658. The van der Waals surface area contributed by atoms with Crippen molar-refractivity contribution in [3.8, 4) is 0 Å². The Morgan fingerprint density at radius 1 is 1.39 bits per heavy atom. The van der Waals surface area contributed by atoms with Crippen LogP contribution in [0.3, 0.4) is 0 Å². The van der Waals surface area contributed by atoms with Gasteiger partial charge in [0.15, 0.2) is 5.82 Å². The number of nitrogens with one attached hydrogen (secondary N) is 2. The molecule has 0 spiro atoms. The topological polar surface area (TPSA) is 97.1 Å². The summed E-state index contributed by atoms with van der Waals surface area (Å²) in [7, 11) is -3.28. The molecule has 0 atom stereocenters. The van der Waals surface area contributed by atoms with Crippen LogP contribution in [-0.4, -0.2) is 36.9 Å². The highest BCUT2D eigenvalue weighted by molar-refractivity contribution is 7.89. The molecule has 1 aromatic heterocycles. The molecule has 2 N–H and O–H groups in total.